The van der Waals surface area contributed by atoms with E-state index in [9.17, 15) is 9.90 Å². The summed E-state index contributed by atoms with van der Waals surface area (Å²) in [6.07, 6.45) is 2.16. The van der Waals surface area contributed by atoms with E-state index in [-0.39, 0.29) is 25.7 Å². The van der Waals surface area contributed by atoms with Crippen molar-refractivity contribution < 1.29 is 38.7 Å². The highest BCUT2D eigenvalue weighted by molar-refractivity contribution is 5.70. The van der Waals surface area contributed by atoms with E-state index in [1.165, 1.54) is 0 Å². The number of allylic oxidation sites excluding steroid dienone is 2. The summed E-state index contributed by atoms with van der Waals surface area (Å²) in [6.45, 7) is 2.70. The van der Waals surface area contributed by atoms with E-state index in [1.54, 1.807) is 14.0 Å². The van der Waals surface area contributed by atoms with Gasteiger partial charge < -0.3 is 33.9 Å². The van der Waals surface area contributed by atoms with Crippen LogP contribution in [-0.2, 0) is 19.0 Å². The van der Waals surface area contributed by atoms with Crippen LogP contribution in [0, 0.1) is 5.92 Å². The molecule has 0 bridgehead atoms. The van der Waals surface area contributed by atoms with Crippen molar-refractivity contribution in [3.8, 4) is 11.5 Å². The molecule has 0 aromatic heterocycles. The van der Waals surface area contributed by atoms with Crippen molar-refractivity contribution in [1.82, 2.24) is 0 Å². The van der Waals surface area contributed by atoms with Crippen LogP contribution in [0.3, 0.4) is 0 Å². The molecule has 1 aromatic carbocycles. The van der Waals surface area contributed by atoms with Gasteiger partial charge in [0.05, 0.1) is 33.0 Å². The number of hydrogen-bond donors (Lipinski definition) is 2. The molecule has 1 aliphatic rings. The van der Waals surface area contributed by atoms with E-state index in [1.807, 2.05) is 24.3 Å². The van der Waals surface area contributed by atoms with Crippen molar-refractivity contribution in [1.29, 1.82) is 0 Å². The van der Waals surface area contributed by atoms with Gasteiger partial charge in [-0.15, -0.1) is 0 Å². The minimum Gasteiger partial charge on any atom is -0.497 e. The van der Waals surface area contributed by atoms with Gasteiger partial charge in [-0.2, -0.15) is 0 Å². The molecule has 174 valence electrons. The second-order valence-corrected chi connectivity index (χ2v) is 7.25. The lowest BCUT2D eigenvalue weighted by Gasteiger charge is -2.29. The number of carbonyl (C=O) groups excluding carboxylic acids is 1. The van der Waals surface area contributed by atoms with E-state index < -0.39 is 12.1 Å². The maximum absolute atomic E-state index is 11.7. The first-order valence-electron chi connectivity index (χ1n) is 10.8. The van der Waals surface area contributed by atoms with Gasteiger partial charge in [0.15, 0.2) is 6.61 Å². The molecule has 2 atom stereocenters. The van der Waals surface area contributed by atoms with Crippen LogP contribution in [0.1, 0.15) is 39.0 Å². The standard InChI is InChI=1S/C23H34O8/c1-3-28-23(26)16-31-22-15-17(20(25)11-12-24)5-10-21(22)30-14-4-13-29-19-8-6-18(27-2)7-9-19/h6-9,17,20,24-25H,3-5,10-16H2,1-2H3. The summed E-state index contributed by atoms with van der Waals surface area (Å²) in [5, 5.41) is 19.3. The third-order valence-electron chi connectivity index (χ3n) is 5.03. The molecule has 0 aliphatic heterocycles. The van der Waals surface area contributed by atoms with E-state index in [2.05, 4.69) is 0 Å². The molecule has 0 saturated heterocycles. The summed E-state index contributed by atoms with van der Waals surface area (Å²) < 4.78 is 27.3. The van der Waals surface area contributed by atoms with Gasteiger partial charge in [0.1, 0.15) is 23.0 Å². The van der Waals surface area contributed by atoms with E-state index in [4.69, 9.17) is 28.8 Å². The number of hydrogen-bond acceptors (Lipinski definition) is 8. The van der Waals surface area contributed by atoms with Gasteiger partial charge in [-0.1, -0.05) is 0 Å². The molecule has 8 heteroatoms. The molecule has 1 aromatic rings. The lowest BCUT2D eigenvalue weighted by molar-refractivity contribution is -0.147. The Bertz CT molecular complexity index is 685. The Labute approximate surface area is 183 Å². The predicted octanol–water partition coefficient (Wildman–Crippen LogP) is 2.82. The first-order valence-corrected chi connectivity index (χ1v) is 10.8. The summed E-state index contributed by atoms with van der Waals surface area (Å²) in [5.41, 5.74) is 0. The number of esters is 1. The number of aliphatic hydroxyl groups is 2. The second-order valence-electron chi connectivity index (χ2n) is 7.25. The summed E-state index contributed by atoms with van der Waals surface area (Å²) in [4.78, 5) is 11.7. The Morgan fingerprint density at radius 1 is 1.10 bits per heavy atom. The van der Waals surface area contributed by atoms with Gasteiger partial charge >= 0.3 is 5.97 Å². The van der Waals surface area contributed by atoms with Gasteiger partial charge in [-0.05, 0) is 49.9 Å². The SMILES string of the molecule is CCOC(=O)COC1=C(OCCCOc2ccc(OC)cc2)CCC(C(O)CCO)C1. The summed E-state index contributed by atoms with van der Waals surface area (Å²) in [5.74, 6) is 2.31. The first-order chi connectivity index (χ1) is 15.1. The molecule has 1 aliphatic carbocycles. The Balaban J connectivity index is 1.85. The average Bonchev–Trinajstić information content (AvgIpc) is 2.78. The van der Waals surface area contributed by atoms with Crippen LogP contribution >= 0.6 is 0 Å². The van der Waals surface area contributed by atoms with Crippen molar-refractivity contribution in [3.63, 3.8) is 0 Å². The topological polar surface area (TPSA) is 104 Å². The van der Waals surface area contributed by atoms with Gasteiger partial charge in [0, 0.05) is 25.9 Å². The molecular weight excluding hydrogens is 404 g/mol. The molecule has 8 nitrogen and oxygen atoms in total. The monoisotopic (exact) mass is 438 g/mol. The smallest absolute Gasteiger partial charge is 0.344 e. The zero-order chi connectivity index (χ0) is 22.5. The van der Waals surface area contributed by atoms with E-state index in [0.717, 1.165) is 17.9 Å². The van der Waals surface area contributed by atoms with Crippen molar-refractivity contribution in [3.05, 3.63) is 35.8 Å². The predicted molar refractivity (Wildman–Crippen MR) is 114 cm³/mol. The first kappa shape index (κ1) is 24.8. The maximum atomic E-state index is 11.7. The van der Waals surface area contributed by atoms with Crippen LogP contribution in [0.2, 0.25) is 0 Å². The number of benzene rings is 1. The van der Waals surface area contributed by atoms with Crippen LogP contribution in [0.25, 0.3) is 0 Å². The molecule has 0 amide bonds. The van der Waals surface area contributed by atoms with Crippen LogP contribution in [-0.4, -0.2) is 62.4 Å². The molecule has 31 heavy (non-hydrogen) atoms. The van der Waals surface area contributed by atoms with Gasteiger partial charge in [-0.25, -0.2) is 4.79 Å². The highest BCUT2D eigenvalue weighted by atomic mass is 16.6. The lowest BCUT2D eigenvalue weighted by atomic mass is 9.86. The fourth-order valence-corrected chi connectivity index (χ4v) is 3.36. The Kier molecular flexibility index (Phi) is 11.0. The molecule has 2 unspecified atom stereocenters. The van der Waals surface area contributed by atoms with Gasteiger partial charge in [0.2, 0.25) is 0 Å². The summed E-state index contributed by atoms with van der Waals surface area (Å²) >= 11 is 0. The van der Waals surface area contributed by atoms with Crippen LogP contribution in [0.5, 0.6) is 11.5 Å². The zero-order valence-corrected chi connectivity index (χ0v) is 18.4. The second kappa shape index (κ2) is 13.8. The number of aliphatic hydroxyl groups excluding tert-OH is 2. The molecule has 0 radical (unpaired) electrons. The number of rotatable bonds is 14. The van der Waals surface area contributed by atoms with Crippen molar-refractivity contribution in [2.45, 2.75) is 45.1 Å². The van der Waals surface area contributed by atoms with Crippen molar-refractivity contribution >= 4 is 5.97 Å². The number of carbonyl (C=O) groups is 1. The largest absolute Gasteiger partial charge is 0.497 e. The highest BCUT2D eigenvalue weighted by Gasteiger charge is 2.29. The quantitative estimate of drug-likeness (QED) is 0.338. The Hall–Kier alpha value is -2.45. The fourth-order valence-electron chi connectivity index (χ4n) is 3.36. The van der Waals surface area contributed by atoms with Crippen LogP contribution in [0.15, 0.2) is 35.8 Å². The van der Waals surface area contributed by atoms with Crippen LogP contribution < -0.4 is 9.47 Å². The summed E-state index contributed by atoms with van der Waals surface area (Å²) in [6, 6.07) is 7.38. The lowest BCUT2D eigenvalue weighted by Crippen LogP contribution is -2.27. The molecule has 2 rings (SSSR count). The molecule has 0 fully saturated rings. The Morgan fingerprint density at radius 2 is 1.81 bits per heavy atom. The minimum absolute atomic E-state index is 0.0462. The fraction of sp³-hybridized carbons (Fsp3) is 0.609. The summed E-state index contributed by atoms with van der Waals surface area (Å²) in [7, 11) is 1.62. The molecule has 0 heterocycles. The third kappa shape index (κ3) is 8.67. The third-order valence-corrected chi connectivity index (χ3v) is 5.03. The van der Waals surface area contributed by atoms with E-state index >= 15 is 0 Å². The highest BCUT2D eigenvalue weighted by Crippen LogP contribution is 2.33. The Morgan fingerprint density at radius 3 is 2.48 bits per heavy atom. The molecule has 0 spiro atoms. The molecular formula is C23H34O8. The van der Waals surface area contributed by atoms with Crippen molar-refractivity contribution in [2.75, 3.05) is 40.1 Å². The number of ether oxygens (including phenoxy) is 5. The molecule has 0 saturated carbocycles. The zero-order valence-electron chi connectivity index (χ0n) is 18.4. The maximum Gasteiger partial charge on any atom is 0.344 e. The number of methoxy groups -OCH3 is 1. The molecule has 2 N–H and O–H groups in total. The van der Waals surface area contributed by atoms with Gasteiger partial charge in [0.25, 0.3) is 0 Å². The van der Waals surface area contributed by atoms with Crippen LogP contribution in [0.4, 0.5) is 0 Å². The van der Waals surface area contributed by atoms with Crippen molar-refractivity contribution in [2.24, 2.45) is 5.92 Å². The van der Waals surface area contributed by atoms with Gasteiger partial charge in [-0.3, -0.25) is 0 Å². The normalized spacial score (nSPS) is 17.1. The minimum atomic E-state index is -0.620. The van der Waals surface area contributed by atoms with E-state index in [0.29, 0.717) is 50.4 Å². The average molecular weight is 439 g/mol.